The van der Waals surface area contributed by atoms with Crippen LogP contribution in [0.5, 0.6) is 11.5 Å². The van der Waals surface area contributed by atoms with Gasteiger partial charge in [0.05, 0.1) is 44.6 Å². The Bertz CT molecular complexity index is 1460. The Morgan fingerprint density at radius 3 is 2.36 bits per heavy atom. The van der Waals surface area contributed by atoms with Gasteiger partial charge in [-0.3, -0.25) is 9.69 Å². The van der Waals surface area contributed by atoms with E-state index in [9.17, 15) is 4.79 Å². The third-order valence-electron chi connectivity index (χ3n) is 6.52. The van der Waals surface area contributed by atoms with Crippen LogP contribution in [0.4, 0.5) is 5.69 Å². The van der Waals surface area contributed by atoms with E-state index in [4.69, 9.17) is 23.0 Å². The van der Waals surface area contributed by atoms with Crippen LogP contribution in [0.25, 0.3) is 34.1 Å². The van der Waals surface area contributed by atoms with Gasteiger partial charge < -0.3 is 27.9 Å². The topological polar surface area (TPSA) is 77.5 Å². The lowest BCUT2D eigenvalue weighted by molar-refractivity contribution is 0.0338. The lowest BCUT2D eigenvalue weighted by Crippen LogP contribution is -2.37. The molecule has 2 aromatic carbocycles. The van der Waals surface area contributed by atoms with Gasteiger partial charge in [-0.2, -0.15) is 0 Å². The minimum absolute atomic E-state index is 0.149. The number of methoxy groups -OCH3 is 2. The van der Waals surface area contributed by atoms with Gasteiger partial charge >= 0.3 is 0 Å². The van der Waals surface area contributed by atoms with Crippen molar-refractivity contribution >= 4 is 39.8 Å². The molecule has 4 aromatic rings. The molecule has 8 nitrogen and oxygen atoms in total. The van der Waals surface area contributed by atoms with Crippen LogP contribution in [0.3, 0.4) is 0 Å². The average molecular weight is 491 g/mol. The van der Waals surface area contributed by atoms with Crippen LogP contribution in [-0.2, 0) is 11.3 Å². The molecular formula is C28H30N2O6. The second-order valence-electron chi connectivity index (χ2n) is 8.92. The molecule has 0 amide bonds. The maximum atomic E-state index is 14.0. The molecule has 3 heterocycles. The van der Waals surface area contributed by atoms with Crippen LogP contribution in [0.15, 0.2) is 50.2 Å². The van der Waals surface area contributed by atoms with Gasteiger partial charge in [-0.25, -0.2) is 0 Å². The minimum atomic E-state index is -0.149. The first-order valence-corrected chi connectivity index (χ1v) is 11.9. The molecule has 188 valence electrons. The van der Waals surface area contributed by atoms with Gasteiger partial charge in [-0.05, 0) is 29.8 Å². The molecule has 0 radical (unpaired) electrons. The number of ether oxygens (including phenoxy) is 3. The van der Waals surface area contributed by atoms with E-state index in [1.165, 1.54) is 7.11 Å². The third kappa shape index (κ3) is 4.34. The summed E-state index contributed by atoms with van der Waals surface area (Å²) in [5, 5.41) is 1.01. The molecule has 0 aliphatic carbocycles. The first-order valence-electron chi connectivity index (χ1n) is 11.9. The van der Waals surface area contributed by atoms with Crippen molar-refractivity contribution in [2.75, 3.05) is 59.5 Å². The molecule has 2 aromatic heterocycles. The monoisotopic (exact) mass is 490 g/mol. The lowest BCUT2D eigenvalue weighted by Gasteiger charge is -2.26. The average Bonchev–Trinajstić information content (AvgIpc) is 3.38. The maximum Gasteiger partial charge on any atom is 0.206 e. The van der Waals surface area contributed by atoms with Crippen LogP contribution in [0.2, 0.25) is 0 Å². The molecule has 0 atom stereocenters. The zero-order chi connectivity index (χ0) is 25.2. The van der Waals surface area contributed by atoms with Gasteiger partial charge in [-0.1, -0.05) is 18.2 Å². The Labute approximate surface area is 209 Å². The molecule has 0 spiro atoms. The number of morpholine rings is 1. The highest BCUT2D eigenvalue weighted by Gasteiger charge is 2.26. The maximum absolute atomic E-state index is 14.0. The largest absolute Gasteiger partial charge is 0.495 e. The molecule has 8 heteroatoms. The van der Waals surface area contributed by atoms with E-state index < -0.39 is 0 Å². The van der Waals surface area contributed by atoms with Crippen molar-refractivity contribution in [1.82, 2.24) is 4.90 Å². The Morgan fingerprint density at radius 1 is 0.972 bits per heavy atom. The van der Waals surface area contributed by atoms with Crippen molar-refractivity contribution in [3.05, 3.63) is 63.7 Å². The molecule has 0 unspecified atom stereocenters. The summed E-state index contributed by atoms with van der Waals surface area (Å²) in [5.74, 6) is 1.26. The van der Waals surface area contributed by atoms with Gasteiger partial charge in [0.25, 0.3) is 0 Å². The summed E-state index contributed by atoms with van der Waals surface area (Å²) in [6.45, 7) is 3.20. The van der Waals surface area contributed by atoms with Crippen LogP contribution < -0.4 is 19.8 Å². The second kappa shape index (κ2) is 10.1. The lowest BCUT2D eigenvalue weighted by atomic mass is 10.0. The van der Waals surface area contributed by atoms with Crippen LogP contribution in [0.1, 0.15) is 16.9 Å². The Kier molecular flexibility index (Phi) is 6.71. The van der Waals surface area contributed by atoms with Crippen LogP contribution >= 0.6 is 0 Å². The molecule has 1 aliphatic rings. The quantitative estimate of drug-likeness (QED) is 0.371. The summed E-state index contributed by atoms with van der Waals surface area (Å²) >= 11 is 0. The van der Waals surface area contributed by atoms with E-state index in [1.54, 1.807) is 19.4 Å². The third-order valence-corrected chi connectivity index (χ3v) is 6.52. The highest BCUT2D eigenvalue weighted by atomic mass is 16.5. The number of benzene rings is 2. The Hall–Kier alpha value is -3.75. The standard InChI is InChI=1S/C28H30N2O6/c1-29(2)19-8-5-18(6-9-19)7-10-22-21(17-30-12-15-34-16-13-30)24(31)23-25(32-3)20-11-14-35-26(20)28(33-4)27(23)36-22/h5-11,14H,12-13,15-17H2,1-4H3/b10-7+. The normalized spacial score (nSPS) is 14.7. The number of nitrogens with zero attached hydrogens (tertiary/aromatic N) is 2. The second-order valence-corrected chi connectivity index (χ2v) is 8.92. The molecule has 1 saturated heterocycles. The summed E-state index contributed by atoms with van der Waals surface area (Å²) in [4.78, 5) is 18.3. The predicted molar refractivity (Wildman–Crippen MR) is 141 cm³/mol. The van der Waals surface area contributed by atoms with Gasteiger partial charge in [0.1, 0.15) is 16.9 Å². The number of fused-ring (bicyclic) bond motifs is 2. The molecule has 36 heavy (non-hydrogen) atoms. The number of rotatable bonds is 7. The highest BCUT2D eigenvalue weighted by Crippen LogP contribution is 2.42. The zero-order valence-electron chi connectivity index (χ0n) is 21.0. The van der Waals surface area contributed by atoms with Crippen molar-refractivity contribution in [2.45, 2.75) is 6.54 Å². The molecular weight excluding hydrogens is 460 g/mol. The number of anilines is 1. The fourth-order valence-corrected chi connectivity index (χ4v) is 4.58. The molecule has 1 aliphatic heterocycles. The Balaban J connectivity index is 1.70. The van der Waals surface area contributed by atoms with Gasteiger partial charge in [0, 0.05) is 39.4 Å². The summed E-state index contributed by atoms with van der Waals surface area (Å²) in [7, 11) is 7.08. The zero-order valence-corrected chi connectivity index (χ0v) is 21.0. The van der Waals surface area contributed by atoms with Crippen molar-refractivity contribution in [3.63, 3.8) is 0 Å². The number of hydrogen-bond donors (Lipinski definition) is 0. The van der Waals surface area contributed by atoms with E-state index in [-0.39, 0.29) is 5.43 Å². The molecule has 1 fully saturated rings. The van der Waals surface area contributed by atoms with Crippen molar-refractivity contribution in [3.8, 4) is 11.5 Å². The fraction of sp³-hybridized carbons (Fsp3) is 0.321. The number of furan rings is 1. The van der Waals surface area contributed by atoms with Gasteiger partial charge in [-0.15, -0.1) is 0 Å². The van der Waals surface area contributed by atoms with Crippen LogP contribution in [-0.4, -0.2) is 59.5 Å². The molecule has 0 N–H and O–H groups in total. The minimum Gasteiger partial charge on any atom is -0.495 e. The predicted octanol–water partition coefficient (Wildman–Crippen LogP) is 4.63. The van der Waals surface area contributed by atoms with Crippen molar-refractivity contribution < 1.29 is 23.0 Å². The van der Waals surface area contributed by atoms with E-state index in [0.29, 0.717) is 64.5 Å². The van der Waals surface area contributed by atoms with E-state index in [2.05, 4.69) is 4.90 Å². The van der Waals surface area contributed by atoms with Gasteiger partial charge in [0.15, 0.2) is 11.2 Å². The highest BCUT2D eigenvalue weighted by molar-refractivity contribution is 6.07. The van der Waals surface area contributed by atoms with Crippen LogP contribution in [0, 0.1) is 0 Å². The summed E-state index contributed by atoms with van der Waals surface area (Å²) in [6.07, 6.45) is 5.34. The molecule has 0 bridgehead atoms. The van der Waals surface area contributed by atoms with Crippen molar-refractivity contribution in [2.24, 2.45) is 0 Å². The van der Waals surface area contributed by atoms with E-state index in [0.717, 1.165) is 24.3 Å². The van der Waals surface area contributed by atoms with E-state index in [1.807, 2.05) is 55.4 Å². The fourth-order valence-electron chi connectivity index (χ4n) is 4.58. The summed E-state index contributed by atoms with van der Waals surface area (Å²) in [5.41, 5.74) is 3.29. The first-order chi connectivity index (χ1) is 17.5. The molecule has 5 rings (SSSR count). The summed E-state index contributed by atoms with van der Waals surface area (Å²) < 4.78 is 28.9. The Morgan fingerprint density at radius 2 is 1.69 bits per heavy atom. The van der Waals surface area contributed by atoms with Crippen molar-refractivity contribution in [1.29, 1.82) is 0 Å². The van der Waals surface area contributed by atoms with Gasteiger partial charge in [0.2, 0.25) is 11.2 Å². The number of hydrogen-bond acceptors (Lipinski definition) is 8. The SMILES string of the molecule is COc1c2occc2c(OC)c2c(=O)c(CN3CCOCC3)c(/C=C/c3ccc(N(C)C)cc3)oc12. The summed E-state index contributed by atoms with van der Waals surface area (Å²) in [6, 6.07) is 9.92. The smallest absolute Gasteiger partial charge is 0.206 e. The van der Waals surface area contributed by atoms with E-state index >= 15 is 0 Å². The first kappa shape index (κ1) is 24.0. The molecule has 0 saturated carbocycles.